The molecule has 1 aromatic heterocycles. The van der Waals surface area contributed by atoms with Crippen LogP contribution in [0.25, 0.3) is 10.1 Å². The van der Waals surface area contributed by atoms with E-state index in [0.717, 1.165) is 45.2 Å². The second-order valence-electron chi connectivity index (χ2n) is 7.68. The molecule has 2 aromatic rings. The van der Waals surface area contributed by atoms with Crippen LogP contribution >= 0.6 is 11.3 Å². The number of rotatable bonds is 8. The number of carbonyl (C=O) groups is 2. The molecule has 6 nitrogen and oxygen atoms in total. The van der Waals surface area contributed by atoms with E-state index in [2.05, 4.69) is 17.5 Å². The monoisotopic (exact) mass is 403 g/mol. The number of hydroxylamine groups is 1. The Morgan fingerprint density at radius 1 is 1.29 bits per heavy atom. The van der Waals surface area contributed by atoms with E-state index in [-0.39, 0.29) is 17.9 Å². The quantitative estimate of drug-likeness (QED) is 0.466. The highest BCUT2D eigenvalue weighted by Gasteiger charge is 2.24. The molecule has 1 aliphatic rings. The van der Waals surface area contributed by atoms with E-state index in [1.54, 1.807) is 16.8 Å². The van der Waals surface area contributed by atoms with Gasteiger partial charge in [-0.1, -0.05) is 18.2 Å². The molecular formula is C21H29N3O3S. The molecule has 7 heteroatoms. The van der Waals surface area contributed by atoms with Gasteiger partial charge in [0.2, 0.25) is 11.8 Å². The van der Waals surface area contributed by atoms with Crippen molar-refractivity contribution < 1.29 is 14.8 Å². The molecule has 3 rings (SSSR count). The number of benzene rings is 1. The minimum atomic E-state index is -0.333. The van der Waals surface area contributed by atoms with Gasteiger partial charge >= 0.3 is 0 Å². The number of thiophene rings is 1. The zero-order valence-electron chi connectivity index (χ0n) is 16.1. The molecule has 0 radical (unpaired) electrons. The lowest BCUT2D eigenvalue weighted by atomic mass is 9.91. The molecule has 2 amide bonds. The first-order chi connectivity index (χ1) is 13.6. The molecule has 2 heterocycles. The number of likely N-dealkylation sites (tertiary alicyclic amines) is 1. The first-order valence-corrected chi connectivity index (χ1v) is 10.9. The van der Waals surface area contributed by atoms with Crippen molar-refractivity contribution in [1.29, 1.82) is 0 Å². The van der Waals surface area contributed by atoms with Crippen LogP contribution in [0.2, 0.25) is 0 Å². The van der Waals surface area contributed by atoms with Crippen molar-refractivity contribution in [1.82, 2.24) is 10.4 Å². The molecule has 0 spiro atoms. The maximum Gasteiger partial charge on any atom is 0.243 e. The average Bonchev–Trinajstić information content (AvgIpc) is 3.11. The van der Waals surface area contributed by atoms with Gasteiger partial charge in [0.15, 0.2) is 0 Å². The van der Waals surface area contributed by atoms with Crippen molar-refractivity contribution in [3.8, 4) is 0 Å². The number of amides is 2. The van der Waals surface area contributed by atoms with Crippen LogP contribution in [0, 0.1) is 5.92 Å². The Morgan fingerprint density at radius 3 is 2.79 bits per heavy atom. The topological polar surface area (TPSA) is 95.7 Å². The van der Waals surface area contributed by atoms with Gasteiger partial charge in [0.25, 0.3) is 0 Å². The highest BCUT2D eigenvalue weighted by molar-refractivity contribution is 7.17. The summed E-state index contributed by atoms with van der Waals surface area (Å²) in [6.07, 6.45) is 5.12. The van der Waals surface area contributed by atoms with Crippen LogP contribution in [-0.4, -0.2) is 41.1 Å². The van der Waals surface area contributed by atoms with Crippen molar-refractivity contribution >= 4 is 33.2 Å². The van der Waals surface area contributed by atoms with Gasteiger partial charge in [0.1, 0.15) is 0 Å². The van der Waals surface area contributed by atoms with Crippen LogP contribution in [0.1, 0.15) is 44.1 Å². The molecule has 1 saturated heterocycles. The fourth-order valence-corrected chi connectivity index (χ4v) is 4.95. The second kappa shape index (κ2) is 10.0. The van der Waals surface area contributed by atoms with Crippen LogP contribution in [0.15, 0.2) is 29.6 Å². The number of hydrogen-bond acceptors (Lipinski definition) is 5. The highest BCUT2D eigenvalue weighted by Crippen LogP contribution is 2.27. The third-order valence-electron chi connectivity index (χ3n) is 5.59. The third kappa shape index (κ3) is 5.53. The van der Waals surface area contributed by atoms with Gasteiger partial charge in [-0.25, -0.2) is 5.48 Å². The molecule has 0 unspecified atom stereocenters. The van der Waals surface area contributed by atoms with Crippen LogP contribution in [0.4, 0.5) is 0 Å². The summed E-state index contributed by atoms with van der Waals surface area (Å²) in [7, 11) is 0. The first-order valence-electron chi connectivity index (χ1n) is 9.98. The second-order valence-corrected chi connectivity index (χ2v) is 8.59. The van der Waals surface area contributed by atoms with Crippen molar-refractivity contribution in [2.24, 2.45) is 11.7 Å². The van der Waals surface area contributed by atoms with Crippen molar-refractivity contribution in [2.75, 3.05) is 13.1 Å². The summed E-state index contributed by atoms with van der Waals surface area (Å²) in [5.74, 6) is 0.353. The van der Waals surface area contributed by atoms with E-state index in [1.807, 2.05) is 17.0 Å². The van der Waals surface area contributed by atoms with Crippen LogP contribution in [0.5, 0.6) is 0 Å². The SMILES string of the molecule is N[C@H](CC(=O)N1CCC(CCCC(=O)NO)CC1)Cc1csc2ccccc12. The average molecular weight is 404 g/mol. The van der Waals surface area contributed by atoms with Gasteiger partial charge < -0.3 is 10.6 Å². The Labute approximate surface area is 169 Å². The first kappa shape index (κ1) is 20.8. The van der Waals surface area contributed by atoms with E-state index >= 15 is 0 Å². The molecule has 1 atom stereocenters. The minimum Gasteiger partial charge on any atom is -0.343 e. The molecule has 28 heavy (non-hydrogen) atoms. The zero-order valence-corrected chi connectivity index (χ0v) is 16.9. The van der Waals surface area contributed by atoms with Crippen molar-refractivity contribution in [3.05, 3.63) is 35.2 Å². The molecule has 1 aromatic carbocycles. The summed E-state index contributed by atoms with van der Waals surface area (Å²) < 4.78 is 1.26. The number of nitrogens with one attached hydrogen (secondary N) is 1. The lowest BCUT2D eigenvalue weighted by Gasteiger charge is -2.32. The Hall–Kier alpha value is -1.96. The predicted octanol–water partition coefficient (Wildman–Crippen LogP) is 3.08. The summed E-state index contributed by atoms with van der Waals surface area (Å²) in [6.45, 7) is 1.54. The number of piperidine rings is 1. The molecule has 0 aliphatic carbocycles. The Kier molecular flexibility index (Phi) is 7.42. The van der Waals surface area contributed by atoms with E-state index in [4.69, 9.17) is 10.9 Å². The number of nitrogens with zero attached hydrogens (tertiary/aromatic N) is 1. The molecule has 152 valence electrons. The molecular weight excluding hydrogens is 374 g/mol. The summed E-state index contributed by atoms with van der Waals surface area (Å²) in [6, 6.07) is 8.14. The molecule has 4 N–H and O–H groups in total. The van der Waals surface area contributed by atoms with Crippen LogP contribution in [0.3, 0.4) is 0 Å². The summed E-state index contributed by atoms with van der Waals surface area (Å²) in [5.41, 5.74) is 9.19. The Morgan fingerprint density at radius 2 is 2.04 bits per heavy atom. The molecule has 1 fully saturated rings. The number of hydrogen-bond donors (Lipinski definition) is 3. The smallest absolute Gasteiger partial charge is 0.243 e. The lowest BCUT2D eigenvalue weighted by Crippen LogP contribution is -2.41. The Bertz CT molecular complexity index is 799. The van der Waals surface area contributed by atoms with Gasteiger partial charge in [0.05, 0.1) is 0 Å². The van der Waals surface area contributed by atoms with Gasteiger partial charge in [-0.15, -0.1) is 11.3 Å². The standard InChI is InChI=1S/C21H29N3O3S/c22-17(12-16-14-28-19-6-2-1-5-18(16)19)13-21(26)24-10-8-15(9-11-24)4-3-7-20(25)23-27/h1-2,5-6,14-15,17,27H,3-4,7-13,22H2,(H,23,25)/t17-/m0/s1. The van der Waals surface area contributed by atoms with Crippen molar-refractivity contribution in [2.45, 2.75) is 51.0 Å². The fraction of sp³-hybridized carbons (Fsp3) is 0.524. The molecule has 0 bridgehead atoms. The largest absolute Gasteiger partial charge is 0.343 e. The molecule has 1 aliphatic heterocycles. The maximum atomic E-state index is 12.6. The van der Waals surface area contributed by atoms with Crippen LogP contribution < -0.4 is 11.2 Å². The van der Waals surface area contributed by atoms with Gasteiger partial charge in [0, 0.05) is 36.7 Å². The zero-order chi connectivity index (χ0) is 19.9. The van der Waals surface area contributed by atoms with Crippen LogP contribution in [-0.2, 0) is 16.0 Å². The van der Waals surface area contributed by atoms with Crippen molar-refractivity contribution in [3.63, 3.8) is 0 Å². The lowest BCUT2D eigenvalue weighted by molar-refractivity contribution is -0.133. The van der Waals surface area contributed by atoms with Gasteiger partial charge in [-0.3, -0.25) is 14.8 Å². The summed E-state index contributed by atoms with van der Waals surface area (Å²) in [5, 5.41) is 11.9. The third-order valence-corrected chi connectivity index (χ3v) is 6.60. The van der Waals surface area contributed by atoms with E-state index in [1.165, 1.54) is 15.6 Å². The van der Waals surface area contributed by atoms with E-state index in [9.17, 15) is 9.59 Å². The fourth-order valence-electron chi connectivity index (χ4n) is 3.98. The minimum absolute atomic E-state index is 0.144. The summed E-state index contributed by atoms with van der Waals surface area (Å²) in [4.78, 5) is 25.6. The summed E-state index contributed by atoms with van der Waals surface area (Å²) >= 11 is 1.72. The Balaban J connectivity index is 1.41. The molecule has 0 saturated carbocycles. The van der Waals surface area contributed by atoms with E-state index in [0.29, 0.717) is 18.8 Å². The predicted molar refractivity (Wildman–Crippen MR) is 111 cm³/mol. The van der Waals surface area contributed by atoms with Gasteiger partial charge in [-0.05, 0) is 60.4 Å². The maximum absolute atomic E-state index is 12.6. The number of fused-ring (bicyclic) bond motifs is 1. The van der Waals surface area contributed by atoms with Gasteiger partial charge in [-0.2, -0.15) is 0 Å². The number of carbonyl (C=O) groups excluding carboxylic acids is 2. The van der Waals surface area contributed by atoms with E-state index < -0.39 is 0 Å². The highest BCUT2D eigenvalue weighted by atomic mass is 32.1. The number of nitrogens with two attached hydrogens (primary N) is 1. The normalized spacial score (nSPS) is 16.3.